The van der Waals surface area contributed by atoms with Gasteiger partial charge in [0, 0.05) is 16.5 Å². The molecule has 0 radical (unpaired) electrons. The minimum atomic E-state index is 0.0872. The molecule has 2 nitrogen and oxygen atoms in total. The summed E-state index contributed by atoms with van der Waals surface area (Å²) in [6, 6.07) is 12.9. The first-order valence-electron chi connectivity index (χ1n) is 9.63. The van der Waals surface area contributed by atoms with Crippen LogP contribution in [0.4, 0.5) is 0 Å². The Labute approximate surface area is 153 Å². The van der Waals surface area contributed by atoms with Crippen LogP contribution in [0.3, 0.4) is 0 Å². The van der Waals surface area contributed by atoms with E-state index in [-0.39, 0.29) is 5.41 Å². The zero-order chi connectivity index (χ0) is 18.4. The summed E-state index contributed by atoms with van der Waals surface area (Å²) in [6.45, 7) is 8.00. The molecule has 0 bridgehead atoms. The monoisotopic (exact) mass is 340 g/mol. The topological polar surface area (TPSA) is 18.5 Å². The van der Waals surface area contributed by atoms with E-state index in [1.165, 1.54) is 22.3 Å². The average Bonchev–Trinajstić information content (AvgIpc) is 3.27. The third kappa shape index (κ3) is 3.03. The van der Waals surface area contributed by atoms with Gasteiger partial charge in [0.1, 0.15) is 11.5 Å². The number of ether oxygens (including phenoxy) is 2. The molecular weight excluding hydrogens is 308 g/mol. The Bertz CT molecular complexity index is 642. The van der Waals surface area contributed by atoms with Crippen LogP contribution in [-0.2, 0) is 18.3 Å². The summed E-state index contributed by atoms with van der Waals surface area (Å²) in [7, 11) is 3.56. The molecule has 0 atom stereocenters. The lowest BCUT2D eigenvalue weighted by atomic mass is 9.76. The predicted molar refractivity (Wildman–Crippen MR) is 106 cm³/mol. The molecule has 2 aliphatic rings. The van der Waals surface area contributed by atoms with Gasteiger partial charge in [0.15, 0.2) is 0 Å². The molecule has 0 amide bonds. The van der Waals surface area contributed by atoms with Crippen LogP contribution in [0.15, 0.2) is 36.4 Å². The lowest BCUT2D eigenvalue weighted by molar-refractivity contribution is 0.379. The third-order valence-electron chi connectivity index (χ3n) is 5.26. The molecule has 25 heavy (non-hydrogen) atoms. The number of benzene rings is 2. The molecule has 0 fully saturated rings. The van der Waals surface area contributed by atoms with Crippen molar-refractivity contribution in [3.05, 3.63) is 58.7 Å². The number of rotatable bonds is 2. The molecule has 0 N–H and O–H groups in total. The second-order valence-electron chi connectivity index (χ2n) is 6.07. The molecule has 136 valence electrons. The largest absolute Gasteiger partial charge is 0.496 e. The van der Waals surface area contributed by atoms with Crippen molar-refractivity contribution in [2.24, 2.45) is 0 Å². The molecule has 2 aromatic rings. The van der Waals surface area contributed by atoms with Crippen LogP contribution in [0.25, 0.3) is 0 Å². The molecular formula is C23H32O2. The van der Waals surface area contributed by atoms with Gasteiger partial charge >= 0.3 is 0 Å². The highest BCUT2D eigenvalue weighted by Crippen LogP contribution is 2.57. The summed E-state index contributed by atoms with van der Waals surface area (Å²) < 4.78 is 11.4. The van der Waals surface area contributed by atoms with Crippen molar-refractivity contribution >= 4 is 0 Å². The van der Waals surface area contributed by atoms with Crippen LogP contribution in [0.2, 0.25) is 0 Å². The maximum absolute atomic E-state index is 5.69. The van der Waals surface area contributed by atoms with Crippen molar-refractivity contribution in [1.29, 1.82) is 0 Å². The maximum Gasteiger partial charge on any atom is 0.123 e. The van der Waals surface area contributed by atoms with Crippen molar-refractivity contribution in [2.45, 2.75) is 58.8 Å². The van der Waals surface area contributed by atoms with Gasteiger partial charge in [-0.15, -0.1) is 0 Å². The normalized spacial score (nSPS) is 15.3. The van der Waals surface area contributed by atoms with Gasteiger partial charge in [-0.2, -0.15) is 0 Å². The van der Waals surface area contributed by atoms with Crippen LogP contribution in [-0.4, -0.2) is 14.2 Å². The zero-order valence-corrected chi connectivity index (χ0v) is 16.6. The molecule has 2 heteroatoms. The quantitative estimate of drug-likeness (QED) is 0.674. The minimum absolute atomic E-state index is 0.0872. The van der Waals surface area contributed by atoms with Gasteiger partial charge in [-0.1, -0.05) is 52.0 Å². The van der Waals surface area contributed by atoms with Crippen molar-refractivity contribution in [1.82, 2.24) is 0 Å². The van der Waals surface area contributed by atoms with Crippen molar-refractivity contribution in [3.63, 3.8) is 0 Å². The standard InChI is InChI=1S/C19H20O2.2C2H6/c1-20-15-7-3-5-13-9-11-19(17(13)15)12-10-14-6-4-8-16(21-2)18(14)19;2*1-2/h3-8H,9-12H2,1-2H3;2*1-2H3. The molecule has 2 aliphatic carbocycles. The van der Waals surface area contributed by atoms with Gasteiger partial charge in [-0.05, 0) is 48.9 Å². The summed E-state index contributed by atoms with van der Waals surface area (Å²) in [5.41, 5.74) is 5.76. The van der Waals surface area contributed by atoms with E-state index < -0.39 is 0 Å². The Morgan fingerprint density at radius 1 is 0.680 bits per heavy atom. The predicted octanol–water partition coefficient (Wildman–Crippen LogP) is 5.93. The highest BCUT2D eigenvalue weighted by Gasteiger charge is 2.48. The van der Waals surface area contributed by atoms with Gasteiger partial charge in [0.05, 0.1) is 14.2 Å². The first-order chi connectivity index (χ1) is 12.3. The van der Waals surface area contributed by atoms with E-state index in [0.717, 1.165) is 37.2 Å². The number of methoxy groups -OCH3 is 2. The van der Waals surface area contributed by atoms with E-state index >= 15 is 0 Å². The Morgan fingerprint density at radius 2 is 1.08 bits per heavy atom. The van der Waals surface area contributed by atoms with Gasteiger partial charge in [0.25, 0.3) is 0 Å². The molecule has 4 rings (SSSR count). The highest BCUT2D eigenvalue weighted by molar-refractivity contribution is 5.62. The zero-order valence-electron chi connectivity index (χ0n) is 16.6. The van der Waals surface area contributed by atoms with Gasteiger partial charge in [-0.25, -0.2) is 0 Å². The summed E-state index contributed by atoms with van der Waals surface area (Å²) >= 11 is 0. The molecule has 0 aromatic heterocycles. The van der Waals surface area contributed by atoms with Crippen LogP contribution >= 0.6 is 0 Å². The number of hydrogen-bond acceptors (Lipinski definition) is 2. The Kier molecular flexibility index (Phi) is 6.52. The van der Waals surface area contributed by atoms with E-state index in [2.05, 4.69) is 36.4 Å². The van der Waals surface area contributed by atoms with E-state index in [4.69, 9.17) is 9.47 Å². The maximum atomic E-state index is 5.69. The van der Waals surface area contributed by atoms with Crippen molar-refractivity contribution in [3.8, 4) is 11.5 Å². The molecule has 0 saturated heterocycles. The van der Waals surface area contributed by atoms with E-state index in [0.29, 0.717) is 0 Å². The summed E-state index contributed by atoms with van der Waals surface area (Å²) in [6.07, 6.45) is 4.58. The fourth-order valence-corrected chi connectivity index (χ4v) is 4.44. The average molecular weight is 341 g/mol. The Morgan fingerprint density at radius 3 is 1.44 bits per heavy atom. The molecule has 0 heterocycles. The Hall–Kier alpha value is -1.96. The van der Waals surface area contributed by atoms with Crippen LogP contribution in [0, 0.1) is 0 Å². The molecule has 1 spiro atoms. The molecule has 0 unspecified atom stereocenters. The van der Waals surface area contributed by atoms with E-state index in [1.54, 1.807) is 14.2 Å². The van der Waals surface area contributed by atoms with Gasteiger partial charge in [0.2, 0.25) is 0 Å². The first-order valence-corrected chi connectivity index (χ1v) is 9.63. The number of hydrogen-bond donors (Lipinski definition) is 0. The minimum Gasteiger partial charge on any atom is -0.496 e. The second-order valence-corrected chi connectivity index (χ2v) is 6.07. The van der Waals surface area contributed by atoms with Crippen LogP contribution in [0.1, 0.15) is 62.8 Å². The smallest absolute Gasteiger partial charge is 0.123 e. The summed E-state index contributed by atoms with van der Waals surface area (Å²) in [5.74, 6) is 2.06. The van der Waals surface area contributed by atoms with E-state index in [9.17, 15) is 0 Å². The van der Waals surface area contributed by atoms with Gasteiger partial charge < -0.3 is 9.47 Å². The van der Waals surface area contributed by atoms with Gasteiger partial charge in [-0.3, -0.25) is 0 Å². The van der Waals surface area contributed by atoms with Crippen molar-refractivity contribution in [2.75, 3.05) is 14.2 Å². The fourth-order valence-electron chi connectivity index (χ4n) is 4.44. The molecule has 0 aliphatic heterocycles. The van der Waals surface area contributed by atoms with E-state index in [1.807, 2.05) is 27.7 Å². The second kappa shape index (κ2) is 8.42. The molecule has 2 aromatic carbocycles. The van der Waals surface area contributed by atoms with Crippen LogP contribution in [0.5, 0.6) is 11.5 Å². The van der Waals surface area contributed by atoms with Crippen LogP contribution < -0.4 is 9.47 Å². The summed E-state index contributed by atoms with van der Waals surface area (Å²) in [5, 5.41) is 0. The summed E-state index contributed by atoms with van der Waals surface area (Å²) in [4.78, 5) is 0. The fraction of sp³-hybridized carbons (Fsp3) is 0.478. The highest BCUT2D eigenvalue weighted by atomic mass is 16.5. The molecule has 0 saturated carbocycles. The Balaban J connectivity index is 0.000000528. The number of aryl methyl sites for hydroxylation is 2. The first kappa shape index (κ1) is 19.4. The lowest BCUT2D eigenvalue weighted by Gasteiger charge is -2.29. The third-order valence-corrected chi connectivity index (χ3v) is 5.26. The lowest BCUT2D eigenvalue weighted by Crippen LogP contribution is -2.22. The SMILES string of the molecule is CC.CC.COc1cccc2c1C1(CC2)CCc2cccc(OC)c21. The van der Waals surface area contributed by atoms with Crippen molar-refractivity contribution < 1.29 is 9.47 Å². The number of fused-ring (bicyclic) bond motifs is 4.